The van der Waals surface area contributed by atoms with Gasteiger partial charge in [0.25, 0.3) is 0 Å². The SMILES string of the molecule is CC(C)NCc1csc(-c2ccc[nH]2)n1. The number of aromatic nitrogens is 2. The van der Waals surface area contributed by atoms with Crippen LogP contribution in [0.5, 0.6) is 0 Å². The molecule has 0 spiro atoms. The average molecular weight is 221 g/mol. The summed E-state index contributed by atoms with van der Waals surface area (Å²) in [7, 11) is 0. The standard InChI is InChI=1S/C11H15N3S/c1-8(2)13-6-9-7-15-11(14-9)10-4-3-5-12-10/h3-5,7-8,12-13H,6H2,1-2H3. The molecule has 0 saturated heterocycles. The molecule has 2 heterocycles. The summed E-state index contributed by atoms with van der Waals surface area (Å²) in [6, 6.07) is 4.53. The maximum atomic E-state index is 4.55. The molecule has 15 heavy (non-hydrogen) atoms. The van der Waals surface area contributed by atoms with E-state index in [1.54, 1.807) is 11.3 Å². The Balaban J connectivity index is 2.04. The van der Waals surface area contributed by atoms with Crippen LogP contribution in [0.25, 0.3) is 10.7 Å². The molecule has 2 rings (SSSR count). The molecular formula is C11H15N3S. The summed E-state index contributed by atoms with van der Waals surface area (Å²) in [6.07, 6.45) is 1.92. The Hall–Kier alpha value is -1.13. The highest BCUT2D eigenvalue weighted by molar-refractivity contribution is 7.13. The van der Waals surface area contributed by atoms with Crippen LogP contribution in [0.2, 0.25) is 0 Å². The fourth-order valence-electron chi connectivity index (χ4n) is 1.28. The highest BCUT2D eigenvalue weighted by Gasteiger charge is 2.04. The van der Waals surface area contributed by atoms with Crippen molar-refractivity contribution in [3.8, 4) is 10.7 Å². The number of aromatic amines is 1. The highest BCUT2D eigenvalue weighted by Crippen LogP contribution is 2.21. The van der Waals surface area contributed by atoms with Gasteiger partial charge >= 0.3 is 0 Å². The Labute approximate surface area is 93.6 Å². The second-order valence-corrected chi connectivity index (χ2v) is 4.62. The van der Waals surface area contributed by atoms with E-state index in [1.165, 1.54) is 0 Å². The number of thiazole rings is 1. The fourth-order valence-corrected chi connectivity index (χ4v) is 2.09. The lowest BCUT2D eigenvalue weighted by molar-refractivity contribution is 0.583. The molecule has 0 aliphatic rings. The van der Waals surface area contributed by atoms with Crippen LogP contribution in [-0.2, 0) is 6.54 Å². The minimum Gasteiger partial charge on any atom is -0.359 e. The second-order valence-electron chi connectivity index (χ2n) is 3.76. The van der Waals surface area contributed by atoms with Gasteiger partial charge in [-0.1, -0.05) is 13.8 Å². The normalized spacial score (nSPS) is 11.1. The van der Waals surface area contributed by atoms with Gasteiger partial charge in [-0.05, 0) is 12.1 Å². The van der Waals surface area contributed by atoms with Gasteiger partial charge in [-0.15, -0.1) is 11.3 Å². The number of nitrogens with zero attached hydrogens (tertiary/aromatic N) is 1. The molecule has 2 aromatic heterocycles. The van der Waals surface area contributed by atoms with E-state index in [4.69, 9.17) is 0 Å². The van der Waals surface area contributed by atoms with Crippen LogP contribution >= 0.6 is 11.3 Å². The third kappa shape index (κ3) is 2.67. The first-order valence-electron chi connectivity index (χ1n) is 5.07. The predicted octanol–water partition coefficient (Wildman–Crippen LogP) is 2.64. The molecular weight excluding hydrogens is 206 g/mol. The monoisotopic (exact) mass is 221 g/mol. The van der Waals surface area contributed by atoms with Crippen molar-refractivity contribution in [2.45, 2.75) is 26.4 Å². The summed E-state index contributed by atoms with van der Waals surface area (Å²) >= 11 is 1.68. The number of rotatable bonds is 4. The topological polar surface area (TPSA) is 40.7 Å². The first kappa shape index (κ1) is 10.4. The van der Waals surface area contributed by atoms with Gasteiger partial charge in [0, 0.05) is 24.2 Å². The van der Waals surface area contributed by atoms with E-state index in [0.717, 1.165) is 22.9 Å². The number of hydrogen-bond acceptors (Lipinski definition) is 3. The second kappa shape index (κ2) is 4.59. The van der Waals surface area contributed by atoms with Crippen molar-refractivity contribution in [1.29, 1.82) is 0 Å². The van der Waals surface area contributed by atoms with Gasteiger partial charge < -0.3 is 10.3 Å². The van der Waals surface area contributed by atoms with Crippen molar-refractivity contribution >= 4 is 11.3 Å². The van der Waals surface area contributed by atoms with E-state index in [9.17, 15) is 0 Å². The first-order valence-corrected chi connectivity index (χ1v) is 5.95. The van der Waals surface area contributed by atoms with Crippen LogP contribution in [0.3, 0.4) is 0 Å². The lowest BCUT2D eigenvalue weighted by atomic mass is 10.3. The molecule has 4 heteroatoms. The first-order chi connectivity index (χ1) is 7.25. The van der Waals surface area contributed by atoms with Gasteiger partial charge in [-0.25, -0.2) is 4.98 Å². The van der Waals surface area contributed by atoms with Crippen molar-refractivity contribution in [3.63, 3.8) is 0 Å². The third-order valence-electron chi connectivity index (χ3n) is 2.07. The van der Waals surface area contributed by atoms with Crippen LogP contribution in [0.1, 0.15) is 19.5 Å². The minimum absolute atomic E-state index is 0.501. The maximum Gasteiger partial charge on any atom is 0.139 e. The third-order valence-corrected chi connectivity index (χ3v) is 3.00. The van der Waals surface area contributed by atoms with Crippen LogP contribution < -0.4 is 5.32 Å². The molecule has 0 atom stereocenters. The molecule has 0 unspecified atom stereocenters. The molecule has 3 nitrogen and oxygen atoms in total. The Kier molecular flexibility index (Phi) is 3.18. The molecule has 0 saturated carbocycles. The average Bonchev–Trinajstić information content (AvgIpc) is 2.85. The summed E-state index contributed by atoms with van der Waals surface area (Å²) in [5.41, 5.74) is 2.20. The van der Waals surface area contributed by atoms with Crippen LogP contribution in [0, 0.1) is 0 Å². The molecule has 0 aliphatic heterocycles. The van der Waals surface area contributed by atoms with Gasteiger partial charge in [-0.2, -0.15) is 0 Å². The van der Waals surface area contributed by atoms with Gasteiger partial charge in [0.2, 0.25) is 0 Å². The summed E-state index contributed by atoms with van der Waals surface area (Å²) < 4.78 is 0. The Morgan fingerprint density at radius 3 is 3.07 bits per heavy atom. The number of nitrogens with one attached hydrogen (secondary N) is 2. The number of hydrogen-bond donors (Lipinski definition) is 2. The highest BCUT2D eigenvalue weighted by atomic mass is 32.1. The van der Waals surface area contributed by atoms with E-state index in [1.807, 2.05) is 18.3 Å². The smallest absolute Gasteiger partial charge is 0.139 e. The molecule has 80 valence electrons. The van der Waals surface area contributed by atoms with Crippen LogP contribution in [-0.4, -0.2) is 16.0 Å². The summed E-state index contributed by atoms with van der Waals surface area (Å²) in [4.78, 5) is 7.71. The van der Waals surface area contributed by atoms with Crippen molar-refractivity contribution in [2.75, 3.05) is 0 Å². The quantitative estimate of drug-likeness (QED) is 0.833. The lowest BCUT2D eigenvalue weighted by Gasteiger charge is -2.04. The number of H-pyrrole nitrogens is 1. The van der Waals surface area contributed by atoms with Gasteiger partial charge in [0.1, 0.15) is 5.01 Å². The summed E-state index contributed by atoms with van der Waals surface area (Å²) in [5, 5.41) is 6.51. The minimum atomic E-state index is 0.501. The van der Waals surface area contributed by atoms with Gasteiger partial charge in [-0.3, -0.25) is 0 Å². The summed E-state index contributed by atoms with van der Waals surface area (Å²) in [6.45, 7) is 5.12. The van der Waals surface area contributed by atoms with Crippen molar-refractivity contribution in [1.82, 2.24) is 15.3 Å². The molecule has 0 amide bonds. The molecule has 0 fully saturated rings. The Morgan fingerprint density at radius 1 is 1.53 bits per heavy atom. The molecule has 0 aromatic carbocycles. The molecule has 0 radical (unpaired) electrons. The predicted molar refractivity (Wildman–Crippen MR) is 63.9 cm³/mol. The zero-order valence-corrected chi connectivity index (χ0v) is 9.77. The van der Waals surface area contributed by atoms with E-state index < -0.39 is 0 Å². The fraction of sp³-hybridized carbons (Fsp3) is 0.364. The molecule has 0 bridgehead atoms. The Bertz CT molecular complexity index is 403. The van der Waals surface area contributed by atoms with E-state index in [-0.39, 0.29) is 0 Å². The molecule has 2 N–H and O–H groups in total. The van der Waals surface area contributed by atoms with E-state index in [2.05, 4.69) is 34.5 Å². The zero-order valence-electron chi connectivity index (χ0n) is 8.95. The maximum absolute atomic E-state index is 4.55. The summed E-state index contributed by atoms with van der Waals surface area (Å²) in [5.74, 6) is 0. The van der Waals surface area contributed by atoms with Gasteiger partial charge in [0.15, 0.2) is 0 Å². The van der Waals surface area contributed by atoms with Crippen molar-refractivity contribution < 1.29 is 0 Å². The molecule has 2 aromatic rings. The van der Waals surface area contributed by atoms with E-state index in [0.29, 0.717) is 6.04 Å². The lowest BCUT2D eigenvalue weighted by Crippen LogP contribution is -2.21. The Morgan fingerprint density at radius 2 is 2.40 bits per heavy atom. The zero-order chi connectivity index (χ0) is 10.7. The van der Waals surface area contributed by atoms with Gasteiger partial charge in [0.05, 0.1) is 11.4 Å². The van der Waals surface area contributed by atoms with Crippen molar-refractivity contribution in [3.05, 3.63) is 29.4 Å². The van der Waals surface area contributed by atoms with Crippen LogP contribution in [0.15, 0.2) is 23.7 Å². The van der Waals surface area contributed by atoms with E-state index >= 15 is 0 Å². The largest absolute Gasteiger partial charge is 0.359 e. The van der Waals surface area contributed by atoms with Crippen LogP contribution in [0.4, 0.5) is 0 Å². The molecule has 0 aliphatic carbocycles. The van der Waals surface area contributed by atoms with Crippen molar-refractivity contribution in [2.24, 2.45) is 0 Å².